The second-order valence-electron chi connectivity index (χ2n) is 7.23. The number of thioether (sulfide) groups is 1. The summed E-state index contributed by atoms with van der Waals surface area (Å²) in [6, 6.07) is 4.50. The molecule has 3 aromatic rings. The van der Waals surface area contributed by atoms with Crippen LogP contribution in [0.4, 0.5) is 17.6 Å². The predicted molar refractivity (Wildman–Crippen MR) is 112 cm³/mol. The fourth-order valence-electron chi connectivity index (χ4n) is 3.42. The number of hydrogen-bond acceptors (Lipinski definition) is 7. The van der Waals surface area contributed by atoms with Gasteiger partial charge in [0.05, 0.1) is 17.3 Å². The molecule has 176 valence electrons. The molecule has 0 amide bonds. The third-order valence-electron chi connectivity index (χ3n) is 5.09. The van der Waals surface area contributed by atoms with Gasteiger partial charge >= 0.3 is 0 Å². The number of rotatable bonds is 5. The molecule has 1 aromatic heterocycles. The molecule has 2 aromatic carbocycles. The number of nitrogens with zero attached hydrogens (tertiary/aromatic N) is 3. The quantitative estimate of drug-likeness (QED) is 0.332. The van der Waals surface area contributed by atoms with Gasteiger partial charge in [0.15, 0.2) is 17.5 Å². The summed E-state index contributed by atoms with van der Waals surface area (Å²) in [4.78, 5) is 0.538. The largest absolute Gasteiger partial charge is 0.394 e. The Kier molecular flexibility index (Phi) is 7.07. The first-order chi connectivity index (χ1) is 15.7. The molecule has 0 bridgehead atoms. The molecule has 1 aliphatic rings. The lowest BCUT2D eigenvalue weighted by Gasteiger charge is -2.41. The van der Waals surface area contributed by atoms with Crippen LogP contribution in [0.1, 0.15) is 6.04 Å². The zero-order chi connectivity index (χ0) is 23.9. The summed E-state index contributed by atoms with van der Waals surface area (Å²) < 4.78 is 60.9. The first-order valence-corrected chi connectivity index (χ1v) is 11.2. The molecule has 13 heteroatoms. The van der Waals surface area contributed by atoms with E-state index in [1.807, 2.05) is 0 Å². The zero-order valence-corrected chi connectivity index (χ0v) is 18.9. The maximum absolute atomic E-state index is 13.6. The molecule has 1 aliphatic heterocycles. The molecule has 7 nitrogen and oxygen atoms in total. The predicted octanol–water partition coefficient (Wildman–Crippen LogP) is 3.04. The van der Waals surface area contributed by atoms with Crippen molar-refractivity contribution in [2.75, 3.05) is 6.61 Å². The summed E-state index contributed by atoms with van der Waals surface area (Å²) in [6.45, 7) is -0.579. The summed E-state index contributed by atoms with van der Waals surface area (Å²) in [5, 5.41) is 38.9. The fourth-order valence-corrected chi connectivity index (χ4v) is 5.05. The van der Waals surface area contributed by atoms with E-state index in [4.69, 9.17) is 4.74 Å². The number of halogens is 5. The van der Waals surface area contributed by atoms with Gasteiger partial charge in [-0.2, -0.15) is 0 Å². The highest BCUT2D eigenvalue weighted by molar-refractivity contribution is 9.10. The lowest BCUT2D eigenvalue weighted by atomic mass is 9.97. The molecule has 2 heterocycles. The van der Waals surface area contributed by atoms with Crippen LogP contribution in [-0.4, -0.2) is 60.7 Å². The van der Waals surface area contributed by atoms with Crippen LogP contribution in [0.5, 0.6) is 0 Å². The minimum atomic E-state index is -1.63. The second-order valence-corrected chi connectivity index (χ2v) is 9.25. The Balaban J connectivity index is 1.63. The third kappa shape index (κ3) is 4.79. The summed E-state index contributed by atoms with van der Waals surface area (Å²) in [6.07, 6.45) is -2.68. The standard InChI is InChI=1S/C20H16BrF4N3O4S/c21-10-5-9(1-2-11(10)22)33-20-19(31)17(18(30)15(7-29)32-20)28-6-14(26-27-28)8-3-12(23)16(25)13(24)4-8/h1-6,15,17-20,29-31H,7H2/t15?,17?,18-,19-,20+/m0/s1. The van der Waals surface area contributed by atoms with E-state index in [2.05, 4.69) is 26.2 Å². The van der Waals surface area contributed by atoms with Crippen molar-refractivity contribution in [3.05, 3.63) is 64.3 Å². The number of aromatic nitrogens is 3. The van der Waals surface area contributed by atoms with Gasteiger partial charge in [-0.1, -0.05) is 17.0 Å². The van der Waals surface area contributed by atoms with E-state index in [1.165, 1.54) is 24.4 Å². The average molecular weight is 550 g/mol. The van der Waals surface area contributed by atoms with E-state index >= 15 is 0 Å². The molecular formula is C20H16BrF4N3O4S. The Labute approximate surface area is 197 Å². The van der Waals surface area contributed by atoms with E-state index in [9.17, 15) is 32.9 Å². The van der Waals surface area contributed by atoms with E-state index in [1.54, 1.807) is 0 Å². The van der Waals surface area contributed by atoms with Crippen LogP contribution in [-0.2, 0) is 4.74 Å². The van der Waals surface area contributed by atoms with Crippen molar-refractivity contribution in [3.8, 4) is 11.3 Å². The Bertz CT molecular complexity index is 1150. The number of aliphatic hydroxyl groups excluding tert-OH is 3. The molecule has 0 spiro atoms. The van der Waals surface area contributed by atoms with Gasteiger partial charge in [0, 0.05) is 10.5 Å². The van der Waals surface area contributed by atoms with Gasteiger partial charge < -0.3 is 20.1 Å². The van der Waals surface area contributed by atoms with Gasteiger partial charge in [0.1, 0.15) is 41.3 Å². The SMILES string of the molecule is OCC1O[C@H](Sc2ccc(F)c(Br)c2)[C@@H](O)C(n2cc(-c3cc(F)c(F)c(F)c3)nn2)[C@H]1O. The summed E-state index contributed by atoms with van der Waals surface area (Å²) in [5.41, 5.74) is -1.14. The average Bonchev–Trinajstić information content (AvgIpc) is 3.26. The Morgan fingerprint density at radius 3 is 2.36 bits per heavy atom. The van der Waals surface area contributed by atoms with Crippen molar-refractivity contribution in [1.82, 2.24) is 15.0 Å². The molecule has 5 atom stereocenters. The Hall–Kier alpha value is -2.03. The van der Waals surface area contributed by atoms with Crippen molar-refractivity contribution >= 4 is 27.7 Å². The highest BCUT2D eigenvalue weighted by atomic mass is 79.9. The van der Waals surface area contributed by atoms with Gasteiger partial charge in [-0.15, -0.1) is 5.10 Å². The van der Waals surface area contributed by atoms with Crippen LogP contribution in [0.25, 0.3) is 11.3 Å². The topological polar surface area (TPSA) is 101 Å². The second kappa shape index (κ2) is 9.68. The monoisotopic (exact) mass is 549 g/mol. The zero-order valence-electron chi connectivity index (χ0n) is 16.4. The first kappa shape index (κ1) is 24.1. The summed E-state index contributed by atoms with van der Waals surface area (Å²) >= 11 is 4.11. The summed E-state index contributed by atoms with van der Waals surface area (Å²) in [5.74, 6) is -4.92. The smallest absolute Gasteiger partial charge is 0.194 e. The van der Waals surface area contributed by atoms with Crippen LogP contribution in [0.15, 0.2) is 45.9 Å². The number of benzene rings is 2. The maximum atomic E-state index is 13.6. The molecule has 33 heavy (non-hydrogen) atoms. The fraction of sp³-hybridized carbons (Fsp3) is 0.300. The Morgan fingerprint density at radius 1 is 1.03 bits per heavy atom. The number of hydrogen-bond donors (Lipinski definition) is 3. The van der Waals surface area contributed by atoms with Gasteiger partial charge in [-0.25, -0.2) is 22.2 Å². The lowest BCUT2D eigenvalue weighted by Crippen LogP contribution is -2.55. The first-order valence-electron chi connectivity index (χ1n) is 9.50. The van der Waals surface area contributed by atoms with Crippen LogP contribution >= 0.6 is 27.7 Å². The van der Waals surface area contributed by atoms with E-state index in [0.29, 0.717) is 4.90 Å². The third-order valence-corrected chi connectivity index (χ3v) is 6.84. The van der Waals surface area contributed by atoms with Gasteiger partial charge in [-0.05, 0) is 46.3 Å². The molecule has 3 N–H and O–H groups in total. The number of aliphatic hydroxyl groups is 3. The van der Waals surface area contributed by atoms with Crippen molar-refractivity contribution in [1.29, 1.82) is 0 Å². The van der Waals surface area contributed by atoms with E-state index in [0.717, 1.165) is 28.6 Å². The molecular weight excluding hydrogens is 534 g/mol. The molecule has 0 aliphatic carbocycles. The van der Waals surface area contributed by atoms with Gasteiger partial charge in [-0.3, -0.25) is 0 Å². The van der Waals surface area contributed by atoms with Crippen LogP contribution in [0, 0.1) is 23.3 Å². The van der Waals surface area contributed by atoms with Crippen LogP contribution in [0.3, 0.4) is 0 Å². The van der Waals surface area contributed by atoms with Gasteiger partial charge in [0.25, 0.3) is 0 Å². The van der Waals surface area contributed by atoms with Gasteiger partial charge in [0.2, 0.25) is 0 Å². The van der Waals surface area contributed by atoms with Crippen LogP contribution in [0.2, 0.25) is 0 Å². The normalized spacial score (nSPS) is 25.4. The molecule has 4 rings (SSSR count). The van der Waals surface area contributed by atoms with Crippen molar-refractivity contribution in [2.45, 2.75) is 34.7 Å². The maximum Gasteiger partial charge on any atom is 0.194 e. The molecule has 1 fully saturated rings. The molecule has 0 saturated carbocycles. The highest BCUT2D eigenvalue weighted by Gasteiger charge is 2.46. The lowest BCUT2D eigenvalue weighted by molar-refractivity contribution is -0.178. The molecule has 1 saturated heterocycles. The molecule has 0 radical (unpaired) electrons. The van der Waals surface area contributed by atoms with Crippen molar-refractivity contribution in [3.63, 3.8) is 0 Å². The van der Waals surface area contributed by atoms with E-state index in [-0.39, 0.29) is 15.7 Å². The van der Waals surface area contributed by atoms with E-state index < -0.39 is 59.7 Å². The highest BCUT2D eigenvalue weighted by Crippen LogP contribution is 2.39. The molecule has 2 unspecified atom stereocenters. The minimum Gasteiger partial charge on any atom is -0.394 e. The van der Waals surface area contributed by atoms with Crippen molar-refractivity contribution < 1.29 is 37.6 Å². The Morgan fingerprint density at radius 2 is 1.73 bits per heavy atom. The summed E-state index contributed by atoms with van der Waals surface area (Å²) in [7, 11) is 0. The van der Waals surface area contributed by atoms with Crippen LogP contribution < -0.4 is 0 Å². The minimum absolute atomic E-state index is 0.0362. The van der Waals surface area contributed by atoms with Crippen molar-refractivity contribution in [2.24, 2.45) is 0 Å². The number of ether oxygens (including phenoxy) is 1.